The number of nitrogens with zero attached hydrogens (tertiary/aromatic N) is 1. The highest BCUT2D eigenvalue weighted by Crippen LogP contribution is 2.23. The monoisotopic (exact) mass is 315 g/mol. The number of unbranched alkanes of at least 4 members (excludes halogenated alkanes) is 1. The Balaban J connectivity index is 2.10. The van der Waals surface area contributed by atoms with Gasteiger partial charge in [0.25, 0.3) is 0 Å². The molecule has 1 aliphatic heterocycles. The molecule has 112 valence electrons. The van der Waals surface area contributed by atoms with Crippen LogP contribution in [0.25, 0.3) is 0 Å². The van der Waals surface area contributed by atoms with E-state index in [4.69, 9.17) is 11.6 Å². The van der Waals surface area contributed by atoms with Gasteiger partial charge in [-0.25, -0.2) is 8.42 Å². The summed E-state index contributed by atoms with van der Waals surface area (Å²) in [4.78, 5) is 2.29. The highest BCUT2D eigenvalue weighted by Gasteiger charge is 2.32. The van der Waals surface area contributed by atoms with E-state index in [-0.39, 0.29) is 6.04 Å². The second-order valence-electron chi connectivity index (χ2n) is 5.47. The standard InChI is InChI=1S/C15H22ClNO2S/c1-2-3-9-17(14-8-10-20(18,19)12-14)11-13-6-4-5-7-15(13)16/h4-7,14H,2-3,8-12H2,1H3/t14-/m0/s1. The molecule has 0 aromatic heterocycles. The zero-order valence-electron chi connectivity index (χ0n) is 11.9. The van der Waals surface area contributed by atoms with Crippen LogP contribution in [0.5, 0.6) is 0 Å². The van der Waals surface area contributed by atoms with Crippen LogP contribution in [0, 0.1) is 0 Å². The Morgan fingerprint density at radius 1 is 1.35 bits per heavy atom. The maximum absolute atomic E-state index is 11.7. The molecule has 1 atom stereocenters. The molecule has 20 heavy (non-hydrogen) atoms. The van der Waals surface area contributed by atoms with E-state index in [1.54, 1.807) is 0 Å². The molecule has 0 aliphatic carbocycles. The highest BCUT2D eigenvalue weighted by atomic mass is 35.5. The van der Waals surface area contributed by atoms with Crippen LogP contribution in [-0.4, -0.2) is 37.4 Å². The van der Waals surface area contributed by atoms with Crippen LogP contribution in [0.1, 0.15) is 31.7 Å². The number of benzene rings is 1. The van der Waals surface area contributed by atoms with Crippen molar-refractivity contribution in [1.29, 1.82) is 0 Å². The van der Waals surface area contributed by atoms with Crippen LogP contribution >= 0.6 is 11.6 Å². The quantitative estimate of drug-likeness (QED) is 0.809. The lowest BCUT2D eigenvalue weighted by Gasteiger charge is -2.28. The third-order valence-electron chi connectivity index (χ3n) is 3.85. The van der Waals surface area contributed by atoms with Gasteiger partial charge in [-0.2, -0.15) is 0 Å². The minimum Gasteiger partial charge on any atom is -0.295 e. The zero-order chi connectivity index (χ0) is 14.6. The summed E-state index contributed by atoms with van der Waals surface area (Å²) in [5, 5.41) is 0.759. The van der Waals surface area contributed by atoms with Gasteiger partial charge in [0, 0.05) is 17.6 Å². The fourth-order valence-corrected chi connectivity index (χ4v) is 4.62. The minimum atomic E-state index is -2.84. The van der Waals surface area contributed by atoms with Crippen molar-refractivity contribution >= 4 is 21.4 Å². The second-order valence-corrected chi connectivity index (χ2v) is 8.11. The van der Waals surface area contributed by atoms with Gasteiger partial charge < -0.3 is 0 Å². The molecule has 0 radical (unpaired) electrons. The molecule has 0 spiro atoms. The van der Waals surface area contributed by atoms with Gasteiger partial charge in [0.15, 0.2) is 9.84 Å². The number of halogens is 1. The van der Waals surface area contributed by atoms with Gasteiger partial charge in [-0.05, 0) is 31.0 Å². The Bertz CT molecular complexity index is 545. The number of sulfone groups is 1. The van der Waals surface area contributed by atoms with E-state index in [9.17, 15) is 8.42 Å². The summed E-state index contributed by atoms with van der Waals surface area (Å²) < 4.78 is 23.4. The fourth-order valence-electron chi connectivity index (χ4n) is 2.66. The molecular weight excluding hydrogens is 294 g/mol. The predicted molar refractivity (Wildman–Crippen MR) is 83.8 cm³/mol. The van der Waals surface area contributed by atoms with Crippen molar-refractivity contribution in [1.82, 2.24) is 4.90 Å². The maximum Gasteiger partial charge on any atom is 0.151 e. The van der Waals surface area contributed by atoms with Crippen molar-refractivity contribution in [3.8, 4) is 0 Å². The number of hydrogen-bond donors (Lipinski definition) is 0. The molecule has 0 amide bonds. The molecule has 0 bridgehead atoms. The van der Waals surface area contributed by atoms with Crippen molar-refractivity contribution in [3.05, 3.63) is 34.9 Å². The summed E-state index contributed by atoms with van der Waals surface area (Å²) in [5.74, 6) is 0.615. The normalized spacial score (nSPS) is 21.4. The third kappa shape index (κ3) is 4.21. The molecule has 3 nitrogen and oxygen atoms in total. The Morgan fingerprint density at radius 2 is 2.10 bits per heavy atom. The third-order valence-corrected chi connectivity index (χ3v) is 5.97. The first-order valence-corrected chi connectivity index (χ1v) is 9.39. The van der Waals surface area contributed by atoms with E-state index in [0.717, 1.165) is 42.9 Å². The summed E-state index contributed by atoms with van der Waals surface area (Å²) in [6.07, 6.45) is 2.94. The molecule has 1 fully saturated rings. The molecule has 0 saturated carbocycles. The van der Waals surface area contributed by atoms with Crippen LogP contribution in [0.4, 0.5) is 0 Å². The van der Waals surface area contributed by atoms with Crippen LogP contribution < -0.4 is 0 Å². The lowest BCUT2D eigenvalue weighted by atomic mass is 10.1. The zero-order valence-corrected chi connectivity index (χ0v) is 13.5. The second kappa shape index (κ2) is 6.92. The summed E-state index contributed by atoms with van der Waals surface area (Å²) in [7, 11) is -2.84. The molecule has 2 rings (SSSR count). The van der Waals surface area contributed by atoms with Crippen molar-refractivity contribution in [2.75, 3.05) is 18.1 Å². The van der Waals surface area contributed by atoms with Crippen LogP contribution in [0.3, 0.4) is 0 Å². The van der Waals surface area contributed by atoms with E-state index in [0.29, 0.717) is 11.5 Å². The van der Waals surface area contributed by atoms with Gasteiger partial charge in [0.1, 0.15) is 0 Å². The van der Waals surface area contributed by atoms with Gasteiger partial charge in [-0.15, -0.1) is 0 Å². The van der Waals surface area contributed by atoms with E-state index >= 15 is 0 Å². The van der Waals surface area contributed by atoms with Crippen molar-refractivity contribution in [3.63, 3.8) is 0 Å². The van der Waals surface area contributed by atoms with Gasteiger partial charge in [0.2, 0.25) is 0 Å². The highest BCUT2D eigenvalue weighted by molar-refractivity contribution is 7.91. The van der Waals surface area contributed by atoms with E-state index in [1.165, 1.54) is 0 Å². The van der Waals surface area contributed by atoms with Gasteiger partial charge in [0.05, 0.1) is 11.5 Å². The van der Waals surface area contributed by atoms with Gasteiger partial charge >= 0.3 is 0 Å². The van der Waals surface area contributed by atoms with E-state index in [2.05, 4.69) is 11.8 Å². The van der Waals surface area contributed by atoms with Crippen molar-refractivity contribution in [2.24, 2.45) is 0 Å². The molecule has 1 aromatic rings. The maximum atomic E-state index is 11.7. The topological polar surface area (TPSA) is 37.4 Å². The average Bonchev–Trinajstić information content (AvgIpc) is 2.77. The number of hydrogen-bond acceptors (Lipinski definition) is 3. The fraction of sp³-hybridized carbons (Fsp3) is 0.600. The largest absolute Gasteiger partial charge is 0.295 e. The lowest BCUT2D eigenvalue weighted by Crippen LogP contribution is -2.36. The van der Waals surface area contributed by atoms with Crippen LogP contribution in [0.2, 0.25) is 5.02 Å². The molecule has 5 heteroatoms. The Hall–Kier alpha value is -0.580. The molecule has 1 heterocycles. The van der Waals surface area contributed by atoms with Gasteiger partial charge in [-0.3, -0.25) is 4.90 Å². The summed E-state index contributed by atoms with van der Waals surface area (Å²) in [6.45, 7) is 3.82. The lowest BCUT2D eigenvalue weighted by molar-refractivity contribution is 0.200. The predicted octanol–water partition coefficient (Wildman–Crippen LogP) is 3.13. The number of rotatable bonds is 6. The molecule has 1 saturated heterocycles. The Morgan fingerprint density at radius 3 is 2.70 bits per heavy atom. The molecule has 1 aliphatic rings. The first-order chi connectivity index (χ1) is 9.52. The van der Waals surface area contributed by atoms with Crippen LogP contribution in [-0.2, 0) is 16.4 Å². The van der Waals surface area contributed by atoms with Crippen molar-refractivity contribution in [2.45, 2.75) is 38.8 Å². The summed E-state index contributed by atoms with van der Waals surface area (Å²) >= 11 is 6.22. The molecule has 0 N–H and O–H groups in total. The Kier molecular flexibility index (Phi) is 5.47. The molecule has 1 aromatic carbocycles. The summed E-state index contributed by atoms with van der Waals surface area (Å²) in [6, 6.07) is 7.94. The Labute approximate surface area is 126 Å². The average molecular weight is 316 g/mol. The SMILES string of the molecule is CCCCN(Cc1ccccc1Cl)[C@H]1CCS(=O)(=O)C1. The molecule has 0 unspecified atom stereocenters. The smallest absolute Gasteiger partial charge is 0.151 e. The first kappa shape index (κ1) is 15.8. The van der Waals surface area contributed by atoms with E-state index in [1.807, 2.05) is 24.3 Å². The summed E-state index contributed by atoms with van der Waals surface area (Å²) in [5.41, 5.74) is 1.08. The van der Waals surface area contributed by atoms with E-state index < -0.39 is 9.84 Å². The van der Waals surface area contributed by atoms with Gasteiger partial charge in [-0.1, -0.05) is 43.1 Å². The first-order valence-electron chi connectivity index (χ1n) is 7.19. The van der Waals surface area contributed by atoms with Crippen LogP contribution in [0.15, 0.2) is 24.3 Å². The minimum absolute atomic E-state index is 0.142. The van der Waals surface area contributed by atoms with Crippen molar-refractivity contribution < 1.29 is 8.42 Å². The molecular formula is C15H22ClNO2S.